The number of hydrogen-bond acceptors (Lipinski definition) is 4. The molecule has 8 heteroatoms. The second-order valence-corrected chi connectivity index (χ2v) is 9.39. The normalized spacial score (nSPS) is 20.9. The number of nitrogens with one attached hydrogen (secondary N) is 2. The van der Waals surface area contributed by atoms with Crippen LogP contribution in [0.5, 0.6) is 0 Å². The number of carbonyl (C=O) groups excluding carboxylic acids is 2. The van der Waals surface area contributed by atoms with E-state index in [0.717, 1.165) is 44.6 Å². The molecule has 6 nitrogen and oxygen atoms in total. The van der Waals surface area contributed by atoms with Gasteiger partial charge in [0.15, 0.2) is 0 Å². The highest BCUT2D eigenvalue weighted by Crippen LogP contribution is 2.40. The predicted octanol–water partition coefficient (Wildman–Crippen LogP) is 3.15. The lowest BCUT2D eigenvalue weighted by molar-refractivity contribution is -0.135. The van der Waals surface area contributed by atoms with Crippen molar-refractivity contribution in [2.45, 2.75) is 44.2 Å². The van der Waals surface area contributed by atoms with Gasteiger partial charge in [-0.15, -0.1) is 0 Å². The van der Waals surface area contributed by atoms with E-state index in [0.29, 0.717) is 37.0 Å². The van der Waals surface area contributed by atoms with Gasteiger partial charge in [0.2, 0.25) is 5.91 Å². The van der Waals surface area contributed by atoms with Crippen LogP contribution in [0.3, 0.4) is 0 Å². The molecule has 0 aromatic heterocycles. The third-order valence-corrected chi connectivity index (χ3v) is 7.01. The first-order valence-corrected chi connectivity index (χ1v) is 12.5. The van der Waals surface area contributed by atoms with Crippen molar-refractivity contribution in [2.75, 3.05) is 39.3 Å². The Bertz CT molecular complexity index is 991. The number of nitrogens with zero attached hydrogens (tertiary/aromatic N) is 2. The van der Waals surface area contributed by atoms with Crippen molar-refractivity contribution >= 4 is 11.8 Å². The maximum atomic E-state index is 13.3. The summed E-state index contributed by atoms with van der Waals surface area (Å²) in [6, 6.07) is 11.7. The summed E-state index contributed by atoms with van der Waals surface area (Å²) < 4.78 is 26.4. The van der Waals surface area contributed by atoms with Gasteiger partial charge in [0.1, 0.15) is 17.7 Å². The molecule has 2 aromatic carbocycles. The summed E-state index contributed by atoms with van der Waals surface area (Å²) in [6.45, 7) is 6.74. The minimum Gasteiger partial charge on any atom is -0.340 e. The maximum absolute atomic E-state index is 13.3. The number of rotatable bonds is 10. The van der Waals surface area contributed by atoms with Gasteiger partial charge < -0.3 is 20.4 Å². The van der Waals surface area contributed by atoms with E-state index in [9.17, 15) is 18.4 Å². The van der Waals surface area contributed by atoms with E-state index in [1.54, 1.807) is 0 Å². The van der Waals surface area contributed by atoms with Crippen LogP contribution < -0.4 is 10.6 Å². The predicted molar refractivity (Wildman–Crippen MR) is 131 cm³/mol. The quantitative estimate of drug-likeness (QED) is 0.509. The van der Waals surface area contributed by atoms with E-state index in [1.807, 2.05) is 17.0 Å². The molecule has 0 radical (unpaired) electrons. The van der Waals surface area contributed by atoms with Crippen LogP contribution in [0.25, 0.3) is 0 Å². The summed E-state index contributed by atoms with van der Waals surface area (Å²) in [6.07, 6.45) is 2.25. The molecule has 4 rings (SSSR count). The number of amides is 2. The van der Waals surface area contributed by atoms with Crippen molar-refractivity contribution < 1.29 is 18.4 Å². The van der Waals surface area contributed by atoms with E-state index in [-0.39, 0.29) is 17.6 Å². The molecule has 2 amide bonds. The third kappa shape index (κ3) is 6.86. The van der Waals surface area contributed by atoms with Gasteiger partial charge in [-0.25, -0.2) is 8.78 Å². The molecule has 2 aliphatic rings. The van der Waals surface area contributed by atoms with Crippen LogP contribution in [0.1, 0.15) is 48.0 Å². The highest BCUT2D eigenvalue weighted by molar-refractivity contribution is 5.97. The largest absolute Gasteiger partial charge is 0.340 e. The smallest absolute Gasteiger partial charge is 0.251 e. The zero-order chi connectivity index (χ0) is 24.8. The van der Waals surface area contributed by atoms with Crippen molar-refractivity contribution in [1.82, 2.24) is 20.4 Å². The van der Waals surface area contributed by atoms with Crippen molar-refractivity contribution in [3.8, 4) is 0 Å². The van der Waals surface area contributed by atoms with E-state index in [2.05, 4.69) is 22.5 Å². The molecule has 0 spiro atoms. The van der Waals surface area contributed by atoms with Gasteiger partial charge in [0.05, 0.1) is 0 Å². The second kappa shape index (κ2) is 11.7. The zero-order valence-corrected chi connectivity index (χ0v) is 20.2. The highest BCUT2D eigenvalue weighted by Gasteiger charge is 2.37. The standard InChI is InChI=1S/C27H34F2N4O2/c1-2-32-14-16-33(17-15-32)27(35)24(31-26(34)20-7-11-22(29)12-8-20)4-3-13-30-25-18-23(25)19-5-9-21(28)10-6-19/h5-12,23-25,30H,2-4,13-18H2,1H3,(H,31,34)/t23-,24?,25+/m0/s1. The minimum atomic E-state index is -0.630. The number of carbonyl (C=O) groups is 2. The molecular weight excluding hydrogens is 450 g/mol. The monoisotopic (exact) mass is 484 g/mol. The van der Waals surface area contributed by atoms with Gasteiger partial charge in [-0.3, -0.25) is 9.59 Å². The number of halogens is 2. The molecule has 1 unspecified atom stereocenters. The van der Waals surface area contributed by atoms with Crippen LogP contribution in [-0.2, 0) is 4.79 Å². The van der Waals surface area contributed by atoms with Gasteiger partial charge in [-0.1, -0.05) is 19.1 Å². The first kappa shape index (κ1) is 25.3. The first-order chi connectivity index (χ1) is 16.9. The fourth-order valence-corrected chi connectivity index (χ4v) is 4.70. The molecule has 2 N–H and O–H groups in total. The Balaban J connectivity index is 1.30. The van der Waals surface area contributed by atoms with Crippen LogP contribution in [0, 0.1) is 11.6 Å². The van der Waals surface area contributed by atoms with Gasteiger partial charge in [0, 0.05) is 43.7 Å². The Hall–Kier alpha value is -2.84. The Labute approximate surface area is 205 Å². The molecule has 0 bridgehead atoms. The third-order valence-electron chi connectivity index (χ3n) is 7.01. The molecular formula is C27H34F2N4O2. The number of likely N-dealkylation sites (N-methyl/N-ethyl adjacent to an activating group) is 1. The number of hydrogen-bond donors (Lipinski definition) is 2. The number of benzene rings is 2. The molecule has 35 heavy (non-hydrogen) atoms. The Morgan fingerprint density at radius 3 is 2.23 bits per heavy atom. The van der Waals surface area contributed by atoms with Crippen molar-refractivity contribution in [2.24, 2.45) is 0 Å². The molecule has 2 fully saturated rings. The number of piperazine rings is 1. The summed E-state index contributed by atoms with van der Waals surface area (Å²) in [4.78, 5) is 30.2. The van der Waals surface area contributed by atoms with Crippen molar-refractivity contribution in [3.05, 3.63) is 71.3 Å². The SMILES string of the molecule is CCN1CCN(C(=O)C(CCCN[C@@H]2C[C@H]2c2ccc(F)cc2)NC(=O)c2ccc(F)cc2)CC1. The average Bonchev–Trinajstić information content (AvgIpc) is 3.65. The Morgan fingerprint density at radius 1 is 0.971 bits per heavy atom. The first-order valence-electron chi connectivity index (χ1n) is 12.5. The Kier molecular flexibility index (Phi) is 8.46. The van der Waals surface area contributed by atoms with Gasteiger partial charge in [0.25, 0.3) is 5.91 Å². The molecule has 2 aromatic rings. The fourth-order valence-electron chi connectivity index (χ4n) is 4.70. The molecule has 1 saturated heterocycles. The zero-order valence-electron chi connectivity index (χ0n) is 20.2. The molecule has 3 atom stereocenters. The lowest BCUT2D eigenvalue weighted by atomic mass is 10.1. The van der Waals surface area contributed by atoms with Crippen LogP contribution in [0.4, 0.5) is 8.78 Å². The van der Waals surface area contributed by atoms with Gasteiger partial charge in [-0.05, 0) is 74.3 Å². The minimum absolute atomic E-state index is 0.0631. The lowest BCUT2D eigenvalue weighted by Gasteiger charge is -2.36. The van der Waals surface area contributed by atoms with E-state index in [1.165, 1.54) is 36.4 Å². The average molecular weight is 485 g/mol. The second-order valence-electron chi connectivity index (χ2n) is 9.39. The van der Waals surface area contributed by atoms with E-state index < -0.39 is 11.9 Å². The fraction of sp³-hybridized carbons (Fsp3) is 0.481. The van der Waals surface area contributed by atoms with E-state index >= 15 is 0 Å². The lowest BCUT2D eigenvalue weighted by Crippen LogP contribution is -2.55. The van der Waals surface area contributed by atoms with E-state index in [4.69, 9.17) is 0 Å². The summed E-state index contributed by atoms with van der Waals surface area (Å²) >= 11 is 0. The topological polar surface area (TPSA) is 64.7 Å². The van der Waals surface area contributed by atoms with Crippen LogP contribution in [-0.4, -0.2) is 73.0 Å². The summed E-state index contributed by atoms with van der Waals surface area (Å²) in [5.41, 5.74) is 1.47. The van der Waals surface area contributed by atoms with Gasteiger partial charge >= 0.3 is 0 Å². The molecule has 1 heterocycles. The summed E-state index contributed by atoms with van der Waals surface area (Å²) in [7, 11) is 0. The maximum Gasteiger partial charge on any atom is 0.251 e. The summed E-state index contributed by atoms with van der Waals surface area (Å²) in [5.74, 6) is -0.684. The summed E-state index contributed by atoms with van der Waals surface area (Å²) in [5, 5.41) is 6.41. The molecule has 1 saturated carbocycles. The van der Waals surface area contributed by atoms with Crippen LogP contribution in [0.15, 0.2) is 48.5 Å². The Morgan fingerprint density at radius 2 is 1.60 bits per heavy atom. The van der Waals surface area contributed by atoms with Gasteiger partial charge in [-0.2, -0.15) is 0 Å². The van der Waals surface area contributed by atoms with Crippen LogP contribution >= 0.6 is 0 Å². The molecule has 1 aliphatic carbocycles. The highest BCUT2D eigenvalue weighted by atomic mass is 19.1. The van der Waals surface area contributed by atoms with Crippen molar-refractivity contribution in [1.29, 1.82) is 0 Å². The molecule has 1 aliphatic heterocycles. The molecule has 188 valence electrons. The van der Waals surface area contributed by atoms with Crippen LogP contribution in [0.2, 0.25) is 0 Å². The van der Waals surface area contributed by atoms with Crippen molar-refractivity contribution in [3.63, 3.8) is 0 Å².